The Kier molecular flexibility index (Phi) is 3.30. The lowest BCUT2D eigenvalue weighted by Crippen LogP contribution is -2.07. The number of hydrogen-bond donors (Lipinski definition) is 0. The van der Waals surface area contributed by atoms with Gasteiger partial charge in [-0.25, -0.2) is 8.42 Å². The van der Waals surface area contributed by atoms with Gasteiger partial charge in [0, 0.05) is 5.56 Å². The summed E-state index contributed by atoms with van der Waals surface area (Å²) < 4.78 is 25.0. The molecule has 0 atom stereocenters. The fourth-order valence-electron chi connectivity index (χ4n) is 1.85. The van der Waals surface area contributed by atoms with E-state index in [0.717, 1.165) is 0 Å². The predicted octanol–water partition coefficient (Wildman–Crippen LogP) is 2.64. The Morgan fingerprint density at radius 3 is 2.22 bits per heavy atom. The van der Waals surface area contributed by atoms with Crippen LogP contribution in [0.3, 0.4) is 0 Å². The van der Waals surface area contributed by atoms with Gasteiger partial charge in [-0.2, -0.15) is 0 Å². The average Bonchev–Trinajstić information content (AvgIpc) is 2.39. The maximum Gasteiger partial charge on any atom is 0.207 e. The first-order valence-corrected chi connectivity index (χ1v) is 6.90. The topological polar surface area (TPSA) is 51.2 Å². The fourth-order valence-corrected chi connectivity index (χ4v) is 3.52. The monoisotopic (exact) mass is 260 g/mol. The van der Waals surface area contributed by atoms with Gasteiger partial charge in [0.1, 0.15) is 0 Å². The van der Waals surface area contributed by atoms with Crippen molar-refractivity contribution in [2.45, 2.75) is 16.7 Å². The number of aryl methyl sites for hydroxylation is 1. The lowest BCUT2D eigenvalue weighted by molar-refractivity contribution is 0.112. The average molecular weight is 260 g/mol. The van der Waals surface area contributed by atoms with Gasteiger partial charge < -0.3 is 0 Å². The van der Waals surface area contributed by atoms with Crippen molar-refractivity contribution in [2.75, 3.05) is 0 Å². The summed E-state index contributed by atoms with van der Waals surface area (Å²) >= 11 is 0. The zero-order valence-corrected chi connectivity index (χ0v) is 10.6. The Morgan fingerprint density at radius 2 is 1.61 bits per heavy atom. The van der Waals surface area contributed by atoms with E-state index >= 15 is 0 Å². The van der Waals surface area contributed by atoms with Crippen molar-refractivity contribution in [3.63, 3.8) is 0 Å². The van der Waals surface area contributed by atoms with E-state index in [9.17, 15) is 13.2 Å². The number of carbonyl (C=O) groups is 1. The summed E-state index contributed by atoms with van der Waals surface area (Å²) in [5.74, 6) is 0. The highest BCUT2D eigenvalue weighted by atomic mass is 32.2. The molecule has 18 heavy (non-hydrogen) atoms. The molecule has 0 aliphatic rings. The Labute approximate surface area is 106 Å². The molecular weight excluding hydrogens is 248 g/mol. The molecule has 0 fully saturated rings. The minimum atomic E-state index is -3.64. The number of hydrogen-bond acceptors (Lipinski definition) is 3. The second kappa shape index (κ2) is 4.74. The largest absolute Gasteiger partial charge is 0.298 e. The van der Waals surface area contributed by atoms with E-state index in [-0.39, 0.29) is 15.4 Å². The second-order valence-corrected chi connectivity index (χ2v) is 5.81. The molecule has 2 aromatic rings. The molecule has 0 aromatic heterocycles. The first-order chi connectivity index (χ1) is 8.57. The van der Waals surface area contributed by atoms with Gasteiger partial charge in [-0.3, -0.25) is 4.79 Å². The fraction of sp³-hybridized carbons (Fsp3) is 0.0714. The molecule has 0 bridgehead atoms. The number of aldehydes is 1. The lowest BCUT2D eigenvalue weighted by atomic mass is 10.1. The van der Waals surface area contributed by atoms with E-state index in [1.807, 2.05) is 0 Å². The third-order valence-corrected chi connectivity index (χ3v) is 4.68. The summed E-state index contributed by atoms with van der Waals surface area (Å²) in [6.07, 6.45) is 0.572. The van der Waals surface area contributed by atoms with Gasteiger partial charge in [-0.1, -0.05) is 36.4 Å². The molecule has 0 amide bonds. The minimum absolute atomic E-state index is 0.0891. The van der Waals surface area contributed by atoms with Crippen molar-refractivity contribution in [2.24, 2.45) is 0 Å². The molecule has 2 aromatic carbocycles. The quantitative estimate of drug-likeness (QED) is 0.797. The lowest BCUT2D eigenvalue weighted by Gasteiger charge is -2.09. The van der Waals surface area contributed by atoms with Crippen LogP contribution in [0.5, 0.6) is 0 Å². The molecule has 0 aliphatic carbocycles. The van der Waals surface area contributed by atoms with Crippen LogP contribution in [0.1, 0.15) is 15.9 Å². The van der Waals surface area contributed by atoms with Gasteiger partial charge in [0.05, 0.1) is 9.79 Å². The summed E-state index contributed by atoms with van der Waals surface area (Å²) in [5.41, 5.74) is 0.766. The number of rotatable bonds is 3. The number of sulfone groups is 1. The van der Waals surface area contributed by atoms with Crippen molar-refractivity contribution in [3.8, 4) is 0 Å². The van der Waals surface area contributed by atoms with Crippen molar-refractivity contribution < 1.29 is 13.2 Å². The molecule has 0 saturated carbocycles. The SMILES string of the molecule is Cc1cccc(C=O)c1S(=O)(=O)c1ccccc1. The van der Waals surface area contributed by atoms with Crippen LogP contribution in [0.4, 0.5) is 0 Å². The van der Waals surface area contributed by atoms with Crippen LogP contribution in [0.15, 0.2) is 58.3 Å². The van der Waals surface area contributed by atoms with Gasteiger partial charge in [-0.05, 0) is 24.6 Å². The van der Waals surface area contributed by atoms with Gasteiger partial charge >= 0.3 is 0 Å². The van der Waals surface area contributed by atoms with E-state index in [4.69, 9.17) is 0 Å². The highest BCUT2D eigenvalue weighted by molar-refractivity contribution is 7.91. The Bertz CT molecular complexity index is 673. The molecule has 0 radical (unpaired) electrons. The van der Waals surface area contributed by atoms with Crippen LogP contribution in [-0.4, -0.2) is 14.7 Å². The molecule has 3 nitrogen and oxygen atoms in total. The van der Waals surface area contributed by atoms with Crippen LogP contribution >= 0.6 is 0 Å². The Hall–Kier alpha value is -1.94. The third-order valence-electron chi connectivity index (χ3n) is 2.69. The summed E-state index contributed by atoms with van der Waals surface area (Å²) in [7, 11) is -3.64. The normalized spacial score (nSPS) is 11.2. The second-order valence-electron chi connectivity index (χ2n) is 3.93. The van der Waals surface area contributed by atoms with E-state index in [0.29, 0.717) is 11.8 Å². The molecule has 0 unspecified atom stereocenters. The van der Waals surface area contributed by atoms with Crippen LogP contribution in [0.2, 0.25) is 0 Å². The van der Waals surface area contributed by atoms with E-state index in [1.165, 1.54) is 18.2 Å². The maximum absolute atomic E-state index is 12.5. The maximum atomic E-state index is 12.5. The smallest absolute Gasteiger partial charge is 0.207 e. The van der Waals surface area contributed by atoms with Crippen LogP contribution in [0.25, 0.3) is 0 Å². The molecule has 92 valence electrons. The highest BCUT2D eigenvalue weighted by Crippen LogP contribution is 2.26. The first kappa shape index (κ1) is 12.5. The molecule has 2 rings (SSSR count). The Balaban J connectivity index is 2.73. The molecule has 0 N–H and O–H groups in total. The highest BCUT2D eigenvalue weighted by Gasteiger charge is 2.22. The van der Waals surface area contributed by atoms with Crippen molar-refractivity contribution >= 4 is 16.1 Å². The summed E-state index contributed by atoms with van der Waals surface area (Å²) in [6.45, 7) is 1.68. The van der Waals surface area contributed by atoms with Crippen molar-refractivity contribution in [3.05, 3.63) is 59.7 Å². The van der Waals surface area contributed by atoms with Crippen LogP contribution < -0.4 is 0 Å². The molecule has 0 aliphatic heterocycles. The first-order valence-electron chi connectivity index (χ1n) is 5.42. The van der Waals surface area contributed by atoms with E-state index in [1.54, 1.807) is 37.3 Å². The van der Waals surface area contributed by atoms with Crippen molar-refractivity contribution in [1.82, 2.24) is 0 Å². The molecule has 0 spiro atoms. The minimum Gasteiger partial charge on any atom is -0.298 e. The van der Waals surface area contributed by atoms with Gasteiger partial charge in [-0.15, -0.1) is 0 Å². The van der Waals surface area contributed by atoms with Crippen LogP contribution in [0, 0.1) is 6.92 Å². The molecular formula is C14H12O3S. The third kappa shape index (κ3) is 2.07. The molecule has 4 heteroatoms. The number of benzene rings is 2. The van der Waals surface area contributed by atoms with Gasteiger partial charge in [0.25, 0.3) is 0 Å². The molecule has 0 saturated heterocycles. The van der Waals surface area contributed by atoms with Crippen LogP contribution in [-0.2, 0) is 9.84 Å². The van der Waals surface area contributed by atoms with E-state index < -0.39 is 9.84 Å². The zero-order chi connectivity index (χ0) is 13.2. The molecule has 0 heterocycles. The summed E-state index contributed by atoms with van der Waals surface area (Å²) in [6, 6.07) is 13.0. The summed E-state index contributed by atoms with van der Waals surface area (Å²) in [4.78, 5) is 11.3. The van der Waals surface area contributed by atoms with Gasteiger partial charge in [0.2, 0.25) is 9.84 Å². The van der Waals surface area contributed by atoms with E-state index in [2.05, 4.69) is 0 Å². The van der Waals surface area contributed by atoms with Crippen molar-refractivity contribution in [1.29, 1.82) is 0 Å². The summed E-state index contributed by atoms with van der Waals surface area (Å²) in [5, 5.41) is 0. The number of carbonyl (C=O) groups excluding carboxylic acids is 1. The zero-order valence-electron chi connectivity index (χ0n) is 9.83. The van der Waals surface area contributed by atoms with Gasteiger partial charge in [0.15, 0.2) is 6.29 Å². The predicted molar refractivity (Wildman–Crippen MR) is 68.5 cm³/mol. The standard InChI is InChI=1S/C14H12O3S/c1-11-6-5-7-12(10-15)14(11)18(16,17)13-8-3-2-4-9-13/h2-10H,1H3. The Morgan fingerprint density at radius 1 is 0.944 bits per heavy atom.